The lowest BCUT2D eigenvalue weighted by atomic mass is 10.0. The Kier molecular flexibility index (Phi) is 5.74. The van der Waals surface area contributed by atoms with Gasteiger partial charge in [-0.1, -0.05) is 49.4 Å². The first-order chi connectivity index (χ1) is 12.8. The second kappa shape index (κ2) is 7.88. The van der Waals surface area contributed by atoms with E-state index in [9.17, 15) is 14.7 Å². The van der Waals surface area contributed by atoms with Crippen LogP contribution in [0.5, 0.6) is 0 Å². The van der Waals surface area contributed by atoms with Crippen LogP contribution in [0.1, 0.15) is 19.6 Å². The second-order valence-corrected chi connectivity index (χ2v) is 8.40. The van der Waals surface area contributed by atoms with Crippen molar-refractivity contribution in [3.63, 3.8) is 0 Å². The van der Waals surface area contributed by atoms with Crippen molar-refractivity contribution in [1.29, 1.82) is 0 Å². The number of hydrogen-bond acceptors (Lipinski definition) is 5. The lowest BCUT2D eigenvalue weighted by molar-refractivity contribution is -0.146. The normalized spacial score (nSPS) is 17.2. The minimum Gasteiger partial charge on any atom is -0.480 e. The Hall–Kier alpha value is -2.09. The molecule has 1 fully saturated rings. The molecule has 1 saturated heterocycles. The largest absolute Gasteiger partial charge is 0.480 e. The number of carboxylic acids is 1. The van der Waals surface area contributed by atoms with Crippen molar-refractivity contribution in [3.8, 4) is 11.3 Å². The lowest BCUT2D eigenvalue weighted by Gasteiger charge is -2.26. The molecule has 1 aliphatic rings. The van der Waals surface area contributed by atoms with Gasteiger partial charge in [0.15, 0.2) is 0 Å². The summed E-state index contributed by atoms with van der Waals surface area (Å²) in [5.41, 5.74) is 0.859. The Morgan fingerprint density at radius 2 is 1.93 bits per heavy atom. The zero-order valence-electron chi connectivity index (χ0n) is 14.5. The summed E-state index contributed by atoms with van der Waals surface area (Å²) in [5.74, 6) is -0.651. The lowest BCUT2D eigenvalue weighted by Crippen LogP contribution is -2.47. The number of furan rings is 1. The predicted molar refractivity (Wildman–Crippen MR) is 110 cm³/mol. The monoisotopic (exact) mass is 421 g/mol. The first kappa shape index (κ1) is 19.7. The summed E-state index contributed by atoms with van der Waals surface area (Å²) < 4.78 is 6.02. The minimum atomic E-state index is -1.08. The number of thioether (sulfide) groups is 1. The molecule has 0 radical (unpaired) electrons. The fourth-order valence-electron chi connectivity index (χ4n) is 2.74. The van der Waals surface area contributed by atoms with Crippen molar-refractivity contribution >= 4 is 57.9 Å². The van der Waals surface area contributed by atoms with Gasteiger partial charge in [-0.15, -0.1) is 0 Å². The van der Waals surface area contributed by atoms with Crippen LogP contribution in [0.25, 0.3) is 17.4 Å². The molecule has 0 spiro atoms. The highest BCUT2D eigenvalue weighted by Gasteiger charge is 2.42. The van der Waals surface area contributed by atoms with Gasteiger partial charge in [-0.05, 0) is 42.3 Å². The molecular weight excluding hydrogens is 406 g/mol. The highest BCUT2D eigenvalue weighted by Crippen LogP contribution is 2.36. The van der Waals surface area contributed by atoms with E-state index in [1.165, 1.54) is 4.90 Å². The van der Waals surface area contributed by atoms with Crippen LogP contribution in [0.3, 0.4) is 0 Å². The summed E-state index contributed by atoms with van der Waals surface area (Å²) in [4.78, 5) is 25.8. The molecule has 2 heterocycles. The van der Waals surface area contributed by atoms with E-state index in [2.05, 4.69) is 0 Å². The molecule has 1 aromatic carbocycles. The van der Waals surface area contributed by atoms with Crippen LogP contribution in [-0.2, 0) is 9.59 Å². The number of amides is 1. The number of rotatable bonds is 5. The van der Waals surface area contributed by atoms with Crippen molar-refractivity contribution in [2.24, 2.45) is 5.92 Å². The number of halogens is 1. The Morgan fingerprint density at radius 1 is 1.26 bits per heavy atom. The molecule has 1 amide bonds. The van der Waals surface area contributed by atoms with Gasteiger partial charge in [0.25, 0.3) is 5.91 Å². The fourth-order valence-corrected chi connectivity index (χ4v) is 4.18. The van der Waals surface area contributed by atoms with Crippen molar-refractivity contribution in [3.05, 3.63) is 52.1 Å². The standard InChI is InChI=1S/C19H16ClNO4S2/c1-10(2)16(18(23)24)21-17(22)15(27-19(21)26)9-13-7-8-14(25-13)11-3-5-12(20)6-4-11/h3-10,16H,1-2H3,(H,23,24)/b15-9+. The van der Waals surface area contributed by atoms with E-state index in [1.807, 2.05) is 12.1 Å². The number of benzene rings is 1. The number of carboxylic acid groups (broad SMARTS) is 1. The van der Waals surface area contributed by atoms with E-state index < -0.39 is 17.9 Å². The summed E-state index contributed by atoms with van der Waals surface area (Å²) in [5, 5.41) is 10.1. The van der Waals surface area contributed by atoms with Crippen LogP contribution < -0.4 is 0 Å². The van der Waals surface area contributed by atoms with Crippen LogP contribution in [0.4, 0.5) is 0 Å². The van der Waals surface area contributed by atoms with Gasteiger partial charge in [0.1, 0.15) is 21.9 Å². The van der Waals surface area contributed by atoms with Gasteiger partial charge in [0, 0.05) is 16.7 Å². The number of carbonyl (C=O) groups is 2. The molecule has 1 N–H and O–H groups in total. The van der Waals surface area contributed by atoms with Gasteiger partial charge < -0.3 is 9.52 Å². The van der Waals surface area contributed by atoms with Crippen LogP contribution in [0.15, 0.2) is 45.7 Å². The van der Waals surface area contributed by atoms with Crippen molar-refractivity contribution in [2.45, 2.75) is 19.9 Å². The molecule has 1 aromatic heterocycles. The summed E-state index contributed by atoms with van der Waals surface area (Å²) in [6.07, 6.45) is 1.58. The van der Waals surface area contributed by atoms with Crippen LogP contribution in [0.2, 0.25) is 5.02 Å². The fraction of sp³-hybridized carbons (Fsp3) is 0.211. The molecule has 2 aromatic rings. The first-order valence-corrected chi connectivity index (χ1v) is 9.74. The van der Waals surface area contributed by atoms with Crippen molar-refractivity contribution < 1.29 is 19.1 Å². The molecule has 27 heavy (non-hydrogen) atoms. The summed E-state index contributed by atoms with van der Waals surface area (Å²) >= 11 is 12.2. The third kappa shape index (κ3) is 4.10. The summed E-state index contributed by atoms with van der Waals surface area (Å²) in [6, 6.07) is 9.75. The number of aliphatic carboxylic acids is 1. The van der Waals surface area contributed by atoms with E-state index in [0.717, 1.165) is 17.3 Å². The smallest absolute Gasteiger partial charge is 0.327 e. The van der Waals surface area contributed by atoms with Crippen LogP contribution in [0, 0.1) is 5.92 Å². The maximum absolute atomic E-state index is 12.7. The Bertz CT molecular complexity index is 933. The van der Waals surface area contributed by atoms with Crippen molar-refractivity contribution in [1.82, 2.24) is 4.90 Å². The molecule has 5 nitrogen and oxygen atoms in total. The maximum Gasteiger partial charge on any atom is 0.327 e. The highest BCUT2D eigenvalue weighted by molar-refractivity contribution is 8.26. The molecular formula is C19H16ClNO4S2. The third-order valence-corrected chi connectivity index (χ3v) is 5.60. The molecule has 1 unspecified atom stereocenters. The average Bonchev–Trinajstić information content (AvgIpc) is 3.16. The quantitative estimate of drug-likeness (QED) is 0.546. The summed E-state index contributed by atoms with van der Waals surface area (Å²) in [6.45, 7) is 3.48. The van der Waals surface area contributed by atoms with Crippen molar-refractivity contribution in [2.75, 3.05) is 0 Å². The zero-order valence-corrected chi connectivity index (χ0v) is 16.9. The molecule has 140 valence electrons. The first-order valence-electron chi connectivity index (χ1n) is 8.13. The van der Waals surface area contributed by atoms with Gasteiger partial charge in [0.2, 0.25) is 0 Å². The van der Waals surface area contributed by atoms with Gasteiger partial charge >= 0.3 is 5.97 Å². The van der Waals surface area contributed by atoms with Gasteiger partial charge in [-0.2, -0.15) is 0 Å². The molecule has 0 bridgehead atoms. The Labute approximate surface area is 171 Å². The number of hydrogen-bond donors (Lipinski definition) is 1. The Morgan fingerprint density at radius 3 is 2.52 bits per heavy atom. The van der Waals surface area contributed by atoms with E-state index >= 15 is 0 Å². The zero-order chi connectivity index (χ0) is 19.7. The van der Waals surface area contributed by atoms with Gasteiger partial charge in [-0.25, -0.2) is 4.79 Å². The number of thiocarbonyl (C=S) groups is 1. The molecule has 8 heteroatoms. The van der Waals surface area contributed by atoms with Gasteiger partial charge in [0.05, 0.1) is 4.91 Å². The number of carbonyl (C=O) groups excluding carboxylic acids is 1. The topological polar surface area (TPSA) is 70.8 Å². The van der Waals surface area contributed by atoms with E-state index in [4.69, 9.17) is 28.2 Å². The van der Waals surface area contributed by atoms with Crippen LogP contribution >= 0.6 is 35.6 Å². The Balaban J connectivity index is 1.86. The minimum absolute atomic E-state index is 0.233. The second-order valence-electron chi connectivity index (χ2n) is 6.29. The van der Waals surface area contributed by atoms with E-state index in [0.29, 0.717) is 21.4 Å². The molecule has 0 aliphatic carbocycles. The maximum atomic E-state index is 12.7. The third-order valence-electron chi connectivity index (χ3n) is 4.02. The van der Waals surface area contributed by atoms with E-state index in [-0.39, 0.29) is 10.2 Å². The molecule has 3 rings (SSSR count). The average molecular weight is 422 g/mol. The van der Waals surface area contributed by atoms with Gasteiger partial charge in [-0.3, -0.25) is 9.69 Å². The SMILES string of the molecule is CC(C)C(C(=O)O)N1C(=O)/C(=C\c2ccc(-c3ccc(Cl)cc3)o2)SC1=S. The van der Waals surface area contributed by atoms with Crippen LogP contribution in [-0.4, -0.2) is 32.2 Å². The number of nitrogens with zero attached hydrogens (tertiary/aromatic N) is 1. The highest BCUT2D eigenvalue weighted by atomic mass is 35.5. The molecule has 0 saturated carbocycles. The summed E-state index contributed by atoms with van der Waals surface area (Å²) in [7, 11) is 0. The molecule has 1 aliphatic heterocycles. The predicted octanol–water partition coefficient (Wildman–Crippen LogP) is 4.91. The molecule has 1 atom stereocenters. The van der Waals surface area contributed by atoms with E-state index in [1.54, 1.807) is 44.2 Å².